The number of hydrogen-bond donors (Lipinski definition) is 2. The smallest absolute Gasteiger partial charge is 0.352 e. The number of nitrogens with zero attached hydrogens (tertiary/aromatic N) is 3. The van der Waals surface area contributed by atoms with Crippen LogP contribution in [0.3, 0.4) is 0 Å². The molecule has 0 saturated carbocycles. The molecule has 10 heteroatoms. The average Bonchev–Trinajstić information content (AvgIpc) is 2.84. The van der Waals surface area contributed by atoms with E-state index in [-0.39, 0.29) is 29.3 Å². The predicted molar refractivity (Wildman–Crippen MR) is 99.4 cm³/mol. The van der Waals surface area contributed by atoms with Gasteiger partial charge in [-0.25, -0.2) is 4.79 Å². The fraction of sp³-hybridized carbons (Fsp3) is 0.500. The van der Waals surface area contributed by atoms with Gasteiger partial charge >= 0.3 is 5.97 Å². The van der Waals surface area contributed by atoms with Crippen LogP contribution in [0.15, 0.2) is 15.7 Å². The van der Waals surface area contributed by atoms with Gasteiger partial charge in [-0.2, -0.15) is 5.10 Å². The fourth-order valence-electron chi connectivity index (χ4n) is 3.12. The van der Waals surface area contributed by atoms with E-state index in [0.717, 1.165) is 15.9 Å². The second-order valence-corrected chi connectivity index (χ2v) is 8.25. The molecule has 140 valence electrons. The van der Waals surface area contributed by atoms with Crippen LogP contribution in [0.5, 0.6) is 0 Å². The zero-order chi connectivity index (χ0) is 19.2. The third kappa shape index (κ3) is 3.16. The molecule has 2 N–H and O–H groups in total. The summed E-state index contributed by atoms with van der Waals surface area (Å²) in [4.78, 5) is 37.3. The van der Waals surface area contributed by atoms with E-state index in [1.165, 1.54) is 16.7 Å². The number of halogens is 1. The first-order chi connectivity index (χ1) is 12.2. The van der Waals surface area contributed by atoms with Gasteiger partial charge in [0.2, 0.25) is 5.91 Å². The van der Waals surface area contributed by atoms with Gasteiger partial charge < -0.3 is 10.4 Å². The number of hydrogen-bond acceptors (Lipinski definition) is 5. The summed E-state index contributed by atoms with van der Waals surface area (Å²) in [6.07, 6.45) is 0.191. The number of carboxylic acid groups (broad SMARTS) is 1. The van der Waals surface area contributed by atoms with Gasteiger partial charge in [-0.15, -0.1) is 11.8 Å². The zero-order valence-electron chi connectivity index (χ0n) is 14.6. The number of carbonyl (C=O) groups is 3. The number of rotatable bonds is 5. The van der Waals surface area contributed by atoms with Crippen LogP contribution in [-0.2, 0) is 20.9 Å². The summed E-state index contributed by atoms with van der Waals surface area (Å²) in [6.45, 7) is 5.91. The van der Waals surface area contributed by atoms with E-state index in [2.05, 4.69) is 26.3 Å². The van der Waals surface area contributed by atoms with E-state index in [1.807, 2.05) is 13.8 Å². The largest absolute Gasteiger partial charge is 0.477 e. The van der Waals surface area contributed by atoms with Gasteiger partial charge in [-0.05, 0) is 42.3 Å². The van der Waals surface area contributed by atoms with Crippen LogP contribution in [0, 0.1) is 13.8 Å². The standard InChI is InChI=1S/C16H19BrN4O4S/c1-7-6-26-15-12(14(23)21(15)13(7)16(24)25)18-10(22)4-5-20-9(3)11(17)8(2)19-20/h12,15H,4-6H2,1-3H3,(H,18,22)(H,24,25)/t12-,15+/m0/s1. The van der Waals surface area contributed by atoms with Crippen molar-refractivity contribution >= 4 is 45.5 Å². The fourth-order valence-corrected chi connectivity index (χ4v) is 4.70. The number of fused-ring (bicyclic) bond motifs is 1. The molecule has 1 aromatic heterocycles. The van der Waals surface area contributed by atoms with E-state index in [4.69, 9.17) is 0 Å². The Morgan fingerprint density at radius 2 is 2.08 bits per heavy atom. The Kier molecular flexibility index (Phi) is 5.16. The first kappa shape index (κ1) is 19.0. The lowest BCUT2D eigenvalue weighted by atomic mass is 10.0. The number of aromatic nitrogens is 2. The zero-order valence-corrected chi connectivity index (χ0v) is 17.0. The van der Waals surface area contributed by atoms with Crippen molar-refractivity contribution in [2.24, 2.45) is 0 Å². The minimum absolute atomic E-state index is 0.0386. The molecule has 26 heavy (non-hydrogen) atoms. The maximum atomic E-state index is 12.3. The Labute approximate surface area is 163 Å². The molecule has 0 radical (unpaired) electrons. The van der Waals surface area contributed by atoms with Gasteiger partial charge in [0.05, 0.1) is 16.7 Å². The van der Waals surface area contributed by atoms with E-state index in [1.54, 1.807) is 11.6 Å². The van der Waals surface area contributed by atoms with Gasteiger partial charge in [0.25, 0.3) is 5.91 Å². The third-order valence-corrected chi connectivity index (χ3v) is 7.09. The quantitative estimate of drug-likeness (QED) is 0.667. The molecule has 3 heterocycles. The highest BCUT2D eigenvalue weighted by Crippen LogP contribution is 2.40. The Hall–Kier alpha value is -1.81. The normalized spacial score (nSPS) is 22.2. The predicted octanol–water partition coefficient (Wildman–Crippen LogP) is 1.41. The molecular formula is C16H19BrN4O4S. The number of β-lactam (4-membered cyclic amide) rings is 1. The van der Waals surface area contributed by atoms with Crippen LogP contribution >= 0.6 is 27.7 Å². The van der Waals surface area contributed by atoms with Crippen molar-refractivity contribution < 1.29 is 19.5 Å². The molecule has 0 unspecified atom stereocenters. The van der Waals surface area contributed by atoms with Gasteiger partial charge in [0, 0.05) is 17.9 Å². The minimum Gasteiger partial charge on any atom is -0.477 e. The Bertz CT molecular complexity index is 834. The average molecular weight is 443 g/mol. The monoisotopic (exact) mass is 442 g/mol. The number of carbonyl (C=O) groups excluding carboxylic acids is 2. The number of nitrogens with one attached hydrogen (secondary N) is 1. The molecule has 0 aliphatic carbocycles. The molecule has 1 fully saturated rings. The first-order valence-corrected chi connectivity index (χ1v) is 9.93. The topological polar surface area (TPSA) is 105 Å². The van der Waals surface area contributed by atoms with E-state index < -0.39 is 12.0 Å². The van der Waals surface area contributed by atoms with Crippen molar-refractivity contribution in [1.82, 2.24) is 20.0 Å². The van der Waals surface area contributed by atoms with Crippen LogP contribution in [0.4, 0.5) is 0 Å². The number of carboxylic acids is 1. The lowest BCUT2D eigenvalue weighted by molar-refractivity contribution is -0.150. The summed E-state index contributed by atoms with van der Waals surface area (Å²) in [7, 11) is 0. The van der Waals surface area contributed by atoms with E-state index in [9.17, 15) is 19.5 Å². The van der Waals surface area contributed by atoms with E-state index >= 15 is 0 Å². The molecule has 0 aromatic carbocycles. The van der Waals surface area contributed by atoms with Crippen LogP contribution in [-0.4, -0.2) is 54.7 Å². The SMILES string of the molecule is CC1=C(C(=O)O)N2C(=O)[C@H](NC(=O)CCn3nc(C)c(Br)c3C)[C@H]2SC1. The van der Waals surface area contributed by atoms with Crippen molar-refractivity contribution in [3.05, 3.63) is 27.1 Å². The Morgan fingerprint density at radius 3 is 2.65 bits per heavy atom. The van der Waals surface area contributed by atoms with Crippen LogP contribution in [0.1, 0.15) is 24.7 Å². The Balaban J connectivity index is 1.60. The van der Waals surface area contributed by atoms with Crippen LogP contribution < -0.4 is 5.32 Å². The highest BCUT2D eigenvalue weighted by molar-refractivity contribution is 9.10. The van der Waals surface area contributed by atoms with Gasteiger partial charge in [-0.3, -0.25) is 19.2 Å². The lowest BCUT2D eigenvalue weighted by Gasteiger charge is -2.49. The summed E-state index contributed by atoms with van der Waals surface area (Å²) in [6, 6.07) is -0.679. The molecule has 2 amide bonds. The lowest BCUT2D eigenvalue weighted by Crippen LogP contribution is -2.70. The minimum atomic E-state index is -1.11. The molecule has 0 bridgehead atoms. The molecule has 1 aromatic rings. The van der Waals surface area contributed by atoms with Crippen molar-refractivity contribution in [3.63, 3.8) is 0 Å². The third-order valence-electron chi connectivity index (χ3n) is 4.52. The van der Waals surface area contributed by atoms with Crippen molar-refractivity contribution in [3.8, 4) is 0 Å². The summed E-state index contributed by atoms with van der Waals surface area (Å²) in [5.74, 6) is -1.21. The second kappa shape index (κ2) is 7.07. The highest BCUT2D eigenvalue weighted by atomic mass is 79.9. The molecule has 1 saturated heterocycles. The van der Waals surface area contributed by atoms with Crippen molar-refractivity contribution in [2.75, 3.05) is 5.75 Å². The molecule has 0 spiro atoms. The molecular weight excluding hydrogens is 424 g/mol. The highest BCUT2D eigenvalue weighted by Gasteiger charge is 2.53. The number of aryl methyl sites for hydroxylation is 2. The van der Waals surface area contributed by atoms with Gasteiger partial charge in [-0.1, -0.05) is 0 Å². The Morgan fingerprint density at radius 1 is 1.38 bits per heavy atom. The van der Waals surface area contributed by atoms with Crippen molar-refractivity contribution in [2.45, 2.75) is 45.2 Å². The second-order valence-electron chi connectivity index (χ2n) is 6.35. The van der Waals surface area contributed by atoms with Gasteiger partial charge in [0.1, 0.15) is 17.1 Å². The van der Waals surface area contributed by atoms with Crippen molar-refractivity contribution in [1.29, 1.82) is 0 Å². The summed E-state index contributed by atoms with van der Waals surface area (Å²) in [5, 5.41) is 16.0. The van der Waals surface area contributed by atoms with Crippen LogP contribution in [0.25, 0.3) is 0 Å². The summed E-state index contributed by atoms with van der Waals surface area (Å²) in [5.41, 5.74) is 2.49. The maximum Gasteiger partial charge on any atom is 0.352 e. The maximum absolute atomic E-state index is 12.3. The number of aliphatic carboxylic acids is 1. The molecule has 8 nitrogen and oxygen atoms in total. The molecule has 3 rings (SSSR count). The molecule has 2 aliphatic rings. The molecule has 2 atom stereocenters. The summed E-state index contributed by atoms with van der Waals surface area (Å²) < 4.78 is 2.67. The molecule has 2 aliphatic heterocycles. The van der Waals surface area contributed by atoms with E-state index in [0.29, 0.717) is 17.9 Å². The summed E-state index contributed by atoms with van der Waals surface area (Å²) >= 11 is 4.91. The number of amides is 2. The van der Waals surface area contributed by atoms with Gasteiger partial charge in [0.15, 0.2) is 0 Å². The first-order valence-electron chi connectivity index (χ1n) is 8.09. The van der Waals surface area contributed by atoms with Crippen LogP contribution in [0.2, 0.25) is 0 Å². The number of thioether (sulfide) groups is 1.